The van der Waals surface area contributed by atoms with Crippen LogP contribution in [0.2, 0.25) is 0 Å². The summed E-state index contributed by atoms with van der Waals surface area (Å²) in [5.41, 5.74) is 0.551. The minimum atomic E-state index is -4.21. The molecule has 3 rings (SSSR count). The van der Waals surface area contributed by atoms with Gasteiger partial charge >= 0.3 is 10.2 Å². The molecule has 0 aliphatic heterocycles. The second-order valence-electron chi connectivity index (χ2n) is 9.27. The molecule has 36 heavy (non-hydrogen) atoms. The molecule has 1 atom stereocenters. The molecule has 10 heteroatoms. The van der Waals surface area contributed by atoms with Crippen molar-refractivity contribution in [1.29, 1.82) is 0 Å². The van der Waals surface area contributed by atoms with Gasteiger partial charge < -0.3 is 10.2 Å². The maximum Gasteiger partial charge on any atom is 0.304 e. The normalized spacial score (nSPS) is 15.4. The van der Waals surface area contributed by atoms with E-state index < -0.39 is 34.5 Å². The fourth-order valence-corrected chi connectivity index (χ4v) is 5.35. The number of hydrogen-bond acceptors (Lipinski definition) is 4. The number of nitrogens with one attached hydrogen (secondary N) is 1. The van der Waals surface area contributed by atoms with E-state index in [0.29, 0.717) is 0 Å². The zero-order valence-corrected chi connectivity index (χ0v) is 21.9. The van der Waals surface area contributed by atoms with Crippen LogP contribution in [0, 0.1) is 5.82 Å². The standard InChI is InChI=1S/C26H35FN4O4S/c1-20(26(33)28-22-14-8-5-9-15-22)30(18-21-12-6-4-7-13-21)25(32)19-31(36(34,35)29(2)3)24-17-11-10-16-23(24)27/h4,6-7,10-13,16-17,20,22H,5,8-9,14-15,18-19H2,1-3H3,(H,28,33)/t20-/m0/s1. The van der Waals surface area contributed by atoms with Crippen LogP contribution in [-0.2, 0) is 26.3 Å². The molecule has 0 bridgehead atoms. The van der Waals surface area contributed by atoms with Crippen LogP contribution in [0.15, 0.2) is 54.6 Å². The third-order valence-electron chi connectivity index (χ3n) is 6.45. The van der Waals surface area contributed by atoms with E-state index in [1.807, 2.05) is 30.3 Å². The maximum atomic E-state index is 14.7. The second-order valence-corrected chi connectivity index (χ2v) is 11.3. The van der Waals surface area contributed by atoms with Crippen LogP contribution in [0.25, 0.3) is 0 Å². The summed E-state index contributed by atoms with van der Waals surface area (Å²) in [6.45, 7) is 1.08. The first kappa shape index (κ1) is 27.6. The molecule has 0 unspecified atom stereocenters. The molecule has 1 fully saturated rings. The predicted octanol–water partition coefficient (Wildman–Crippen LogP) is 3.30. The molecule has 8 nitrogen and oxygen atoms in total. The van der Waals surface area contributed by atoms with Gasteiger partial charge in [-0.15, -0.1) is 0 Å². The largest absolute Gasteiger partial charge is 0.352 e. The first-order valence-electron chi connectivity index (χ1n) is 12.2. The molecule has 1 aliphatic rings. The van der Waals surface area contributed by atoms with Crippen LogP contribution in [0.4, 0.5) is 10.1 Å². The fraction of sp³-hybridized carbons (Fsp3) is 0.462. The molecule has 0 radical (unpaired) electrons. The SMILES string of the molecule is C[C@@H](C(=O)NC1CCCCC1)N(Cc1ccccc1)C(=O)CN(c1ccccc1F)S(=O)(=O)N(C)C. The van der Waals surface area contributed by atoms with Gasteiger partial charge in [0.25, 0.3) is 0 Å². The molecule has 2 aromatic carbocycles. The first-order valence-corrected chi connectivity index (χ1v) is 13.6. The van der Waals surface area contributed by atoms with Crippen molar-refractivity contribution >= 4 is 27.7 Å². The van der Waals surface area contributed by atoms with Gasteiger partial charge in [-0.25, -0.2) is 8.70 Å². The summed E-state index contributed by atoms with van der Waals surface area (Å²) in [5, 5.41) is 3.05. The quantitative estimate of drug-likeness (QED) is 0.523. The number of carbonyl (C=O) groups is 2. The molecule has 2 amide bonds. The van der Waals surface area contributed by atoms with E-state index in [1.54, 1.807) is 6.92 Å². The third kappa shape index (κ3) is 6.82. The Morgan fingerprint density at radius 1 is 1.00 bits per heavy atom. The van der Waals surface area contributed by atoms with Gasteiger partial charge in [0.15, 0.2) is 0 Å². The highest BCUT2D eigenvalue weighted by Gasteiger charge is 2.34. The van der Waals surface area contributed by atoms with Crippen LogP contribution < -0.4 is 9.62 Å². The molecule has 1 saturated carbocycles. The lowest BCUT2D eigenvalue weighted by atomic mass is 9.95. The molecule has 196 valence electrons. The molecule has 0 spiro atoms. The van der Waals surface area contributed by atoms with Gasteiger partial charge in [-0.05, 0) is 37.5 Å². The van der Waals surface area contributed by atoms with Gasteiger partial charge in [0, 0.05) is 26.7 Å². The third-order valence-corrected chi connectivity index (χ3v) is 8.26. The Morgan fingerprint density at radius 2 is 1.61 bits per heavy atom. The summed E-state index contributed by atoms with van der Waals surface area (Å²) in [6.07, 6.45) is 5.03. The van der Waals surface area contributed by atoms with Gasteiger partial charge in [0.05, 0.1) is 5.69 Å². The van der Waals surface area contributed by atoms with E-state index in [9.17, 15) is 22.4 Å². The van der Waals surface area contributed by atoms with Crippen molar-refractivity contribution < 1.29 is 22.4 Å². The molecular weight excluding hydrogens is 483 g/mol. The van der Waals surface area contributed by atoms with E-state index in [1.165, 1.54) is 37.2 Å². The number of benzene rings is 2. The van der Waals surface area contributed by atoms with Crippen molar-refractivity contribution in [3.8, 4) is 0 Å². The summed E-state index contributed by atoms with van der Waals surface area (Å²) in [7, 11) is -1.58. The number of nitrogens with zero attached hydrogens (tertiary/aromatic N) is 3. The summed E-state index contributed by atoms with van der Waals surface area (Å²) >= 11 is 0. The Labute approximate surface area is 213 Å². The van der Waals surface area contributed by atoms with Crippen molar-refractivity contribution in [3.63, 3.8) is 0 Å². The number of para-hydroxylation sites is 1. The van der Waals surface area contributed by atoms with Crippen LogP contribution in [0.1, 0.15) is 44.6 Å². The lowest BCUT2D eigenvalue weighted by Crippen LogP contribution is -2.53. The molecular formula is C26H35FN4O4S. The van der Waals surface area contributed by atoms with Gasteiger partial charge in [-0.3, -0.25) is 9.59 Å². The highest BCUT2D eigenvalue weighted by Crippen LogP contribution is 2.24. The van der Waals surface area contributed by atoms with Gasteiger partial charge in [0.2, 0.25) is 11.8 Å². The van der Waals surface area contributed by atoms with Crippen molar-refractivity contribution in [3.05, 3.63) is 66.0 Å². The highest BCUT2D eigenvalue weighted by molar-refractivity contribution is 7.90. The fourth-order valence-electron chi connectivity index (χ4n) is 4.29. The number of carbonyl (C=O) groups excluding carboxylic acids is 2. The molecule has 1 N–H and O–H groups in total. The Kier molecular flexibility index (Phi) is 9.44. The van der Waals surface area contributed by atoms with Crippen LogP contribution in [0.3, 0.4) is 0 Å². The number of amides is 2. The van der Waals surface area contributed by atoms with Gasteiger partial charge in [-0.1, -0.05) is 61.7 Å². The first-order chi connectivity index (χ1) is 17.1. The summed E-state index contributed by atoms with van der Waals surface area (Å²) < 4.78 is 42.5. The molecule has 1 aliphatic carbocycles. The van der Waals surface area contributed by atoms with Crippen LogP contribution in [0.5, 0.6) is 0 Å². The Hall–Kier alpha value is -2.98. The summed E-state index contributed by atoms with van der Waals surface area (Å²) in [6, 6.07) is 13.8. The number of anilines is 1. The molecule has 0 aromatic heterocycles. The lowest BCUT2D eigenvalue weighted by molar-refractivity contribution is -0.139. The number of halogens is 1. The Bertz CT molecular complexity index is 1140. The second kappa shape index (κ2) is 12.3. The zero-order chi connectivity index (χ0) is 26.3. The monoisotopic (exact) mass is 518 g/mol. The van der Waals surface area contributed by atoms with E-state index in [4.69, 9.17) is 0 Å². The average Bonchev–Trinajstić information content (AvgIpc) is 2.87. The molecule has 2 aromatic rings. The van der Waals surface area contributed by atoms with Crippen molar-refractivity contribution in [2.24, 2.45) is 0 Å². The maximum absolute atomic E-state index is 14.7. The predicted molar refractivity (Wildman–Crippen MR) is 138 cm³/mol. The number of rotatable bonds is 10. The lowest BCUT2D eigenvalue weighted by Gasteiger charge is -2.34. The minimum absolute atomic E-state index is 0.0615. The average molecular weight is 519 g/mol. The van der Waals surface area contributed by atoms with E-state index >= 15 is 0 Å². The molecule has 0 heterocycles. The smallest absolute Gasteiger partial charge is 0.304 e. The van der Waals surface area contributed by atoms with Crippen molar-refractivity contribution in [2.45, 2.75) is 57.7 Å². The van der Waals surface area contributed by atoms with Crippen LogP contribution in [-0.4, -0.2) is 62.2 Å². The topological polar surface area (TPSA) is 90.0 Å². The van der Waals surface area contributed by atoms with Gasteiger partial charge in [0.1, 0.15) is 18.4 Å². The Balaban J connectivity index is 1.90. The van der Waals surface area contributed by atoms with E-state index in [-0.39, 0.29) is 24.2 Å². The zero-order valence-electron chi connectivity index (χ0n) is 21.1. The highest BCUT2D eigenvalue weighted by atomic mass is 32.2. The van der Waals surface area contributed by atoms with Crippen molar-refractivity contribution in [2.75, 3.05) is 24.9 Å². The van der Waals surface area contributed by atoms with Crippen LogP contribution >= 0.6 is 0 Å². The van der Waals surface area contributed by atoms with E-state index in [2.05, 4.69) is 5.32 Å². The van der Waals surface area contributed by atoms with Gasteiger partial charge in [-0.2, -0.15) is 12.7 Å². The molecule has 0 saturated heterocycles. The summed E-state index contributed by atoms with van der Waals surface area (Å²) in [5.74, 6) is -1.67. The van der Waals surface area contributed by atoms with E-state index in [0.717, 1.165) is 52.3 Å². The minimum Gasteiger partial charge on any atom is -0.352 e. The summed E-state index contributed by atoms with van der Waals surface area (Å²) in [4.78, 5) is 28.2. The number of hydrogen-bond donors (Lipinski definition) is 1. The van der Waals surface area contributed by atoms with Crippen molar-refractivity contribution in [1.82, 2.24) is 14.5 Å². The Morgan fingerprint density at radius 3 is 2.22 bits per heavy atom.